The molecule has 6 aromatic carbocycles. The Balaban J connectivity index is 1.42. The van der Waals surface area contributed by atoms with Gasteiger partial charge >= 0.3 is 0 Å². The molecule has 45 heavy (non-hydrogen) atoms. The second-order valence-corrected chi connectivity index (χ2v) is 10.6. The van der Waals surface area contributed by atoms with Crippen LogP contribution in [0.1, 0.15) is 44.5 Å². The zero-order valence-electron chi connectivity index (χ0n) is 25.0. The molecular formula is C44H34O. The van der Waals surface area contributed by atoms with Gasteiger partial charge in [0, 0.05) is 11.1 Å². The maximum absolute atomic E-state index is 6.83. The summed E-state index contributed by atoms with van der Waals surface area (Å²) in [6.07, 6.45) is 17.2. The van der Waals surface area contributed by atoms with Gasteiger partial charge in [0.25, 0.3) is 0 Å². The molecule has 0 aliphatic heterocycles. The van der Waals surface area contributed by atoms with E-state index < -0.39 is 0 Å². The number of hydrogen-bond acceptors (Lipinski definition) is 1. The lowest BCUT2D eigenvalue weighted by molar-refractivity contribution is 0.480. The van der Waals surface area contributed by atoms with Crippen molar-refractivity contribution in [3.05, 3.63) is 202 Å². The lowest BCUT2D eigenvalue weighted by Gasteiger charge is -2.15. The van der Waals surface area contributed by atoms with E-state index in [2.05, 4.69) is 170 Å². The number of benzene rings is 6. The first kappa shape index (κ1) is 29.2. The van der Waals surface area contributed by atoms with E-state index in [1.807, 2.05) is 36.4 Å². The van der Waals surface area contributed by atoms with E-state index in [-0.39, 0.29) is 0 Å². The zero-order chi connectivity index (χ0) is 30.5. The maximum Gasteiger partial charge on any atom is 0.135 e. The van der Waals surface area contributed by atoms with Crippen LogP contribution >= 0.6 is 0 Å². The average Bonchev–Trinajstić information content (AvgIpc) is 3.10. The first-order valence-electron chi connectivity index (χ1n) is 15.2. The van der Waals surface area contributed by atoms with Crippen LogP contribution in [0.5, 0.6) is 11.5 Å². The molecule has 0 spiro atoms. The molecule has 216 valence electrons. The van der Waals surface area contributed by atoms with Crippen LogP contribution < -0.4 is 4.74 Å². The summed E-state index contributed by atoms with van der Waals surface area (Å²) in [5.74, 6) is 1.58. The van der Waals surface area contributed by atoms with Crippen LogP contribution in [0.25, 0.3) is 48.6 Å². The van der Waals surface area contributed by atoms with Gasteiger partial charge in [-0.1, -0.05) is 194 Å². The minimum Gasteiger partial charge on any atom is -0.456 e. The largest absolute Gasteiger partial charge is 0.456 e. The third-order valence-corrected chi connectivity index (χ3v) is 7.41. The second-order valence-electron chi connectivity index (χ2n) is 10.6. The summed E-state index contributed by atoms with van der Waals surface area (Å²) in [4.78, 5) is 0. The molecule has 0 heterocycles. The minimum absolute atomic E-state index is 0.788. The van der Waals surface area contributed by atoms with Crippen molar-refractivity contribution < 1.29 is 4.74 Å². The fourth-order valence-corrected chi connectivity index (χ4v) is 5.05. The van der Waals surface area contributed by atoms with Crippen LogP contribution in [-0.4, -0.2) is 0 Å². The first-order chi connectivity index (χ1) is 22.3. The van der Waals surface area contributed by atoms with E-state index in [0.717, 1.165) is 56.0 Å². The van der Waals surface area contributed by atoms with Gasteiger partial charge in [0.2, 0.25) is 0 Å². The first-order valence-corrected chi connectivity index (χ1v) is 15.2. The van der Waals surface area contributed by atoms with E-state index in [0.29, 0.717) is 0 Å². The van der Waals surface area contributed by atoms with Crippen LogP contribution in [0.15, 0.2) is 158 Å². The summed E-state index contributed by atoms with van der Waals surface area (Å²) in [6.45, 7) is 0. The Morgan fingerprint density at radius 2 is 0.578 bits per heavy atom. The third-order valence-electron chi connectivity index (χ3n) is 7.41. The van der Waals surface area contributed by atoms with Gasteiger partial charge in [-0.2, -0.15) is 0 Å². The van der Waals surface area contributed by atoms with Gasteiger partial charge < -0.3 is 4.74 Å². The molecule has 0 unspecified atom stereocenters. The fraction of sp³-hybridized carbons (Fsp3) is 0. The van der Waals surface area contributed by atoms with Crippen LogP contribution in [0.2, 0.25) is 0 Å². The van der Waals surface area contributed by atoms with Crippen molar-refractivity contribution in [1.29, 1.82) is 0 Å². The highest BCUT2D eigenvalue weighted by atomic mass is 16.5. The summed E-state index contributed by atoms with van der Waals surface area (Å²) in [6, 6.07) is 53.9. The van der Waals surface area contributed by atoms with Gasteiger partial charge in [-0.3, -0.25) is 0 Å². The van der Waals surface area contributed by atoms with Gasteiger partial charge in [-0.15, -0.1) is 0 Å². The van der Waals surface area contributed by atoms with Crippen LogP contribution in [0, 0.1) is 0 Å². The van der Waals surface area contributed by atoms with E-state index in [1.165, 1.54) is 0 Å². The van der Waals surface area contributed by atoms with E-state index >= 15 is 0 Å². The molecule has 6 rings (SSSR count). The highest BCUT2D eigenvalue weighted by Crippen LogP contribution is 2.35. The molecule has 0 fully saturated rings. The topological polar surface area (TPSA) is 9.23 Å². The van der Waals surface area contributed by atoms with Crippen molar-refractivity contribution in [3.8, 4) is 11.5 Å². The van der Waals surface area contributed by atoms with E-state index in [4.69, 9.17) is 4.74 Å². The number of rotatable bonds is 10. The molecule has 0 aliphatic rings. The van der Waals surface area contributed by atoms with Crippen molar-refractivity contribution in [2.75, 3.05) is 0 Å². The summed E-state index contributed by atoms with van der Waals surface area (Å²) >= 11 is 0. The van der Waals surface area contributed by atoms with Crippen molar-refractivity contribution in [1.82, 2.24) is 0 Å². The van der Waals surface area contributed by atoms with Crippen LogP contribution in [0.3, 0.4) is 0 Å². The predicted molar refractivity (Wildman–Crippen MR) is 194 cm³/mol. The molecule has 0 N–H and O–H groups in total. The smallest absolute Gasteiger partial charge is 0.135 e. The molecule has 0 aliphatic carbocycles. The lowest BCUT2D eigenvalue weighted by Crippen LogP contribution is -1.94. The summed E-state index contributed by atoms with van der Waals surface area (Å²) < 4.78 is 6.83. The fourth-order valence-electron chi connectivity index (χ4n) is 5.05. The van der Waals surface area contributed by atoms with Crippen LogP contribution in [0.4, 0.5) is 0 Å². The van der Waals surface area contributed by atoms with Crippen molar-refractivity contribution in [3.63, 3.8) is 0 Å². The second kappa shape index (κ2) is 15.0. The van der Waals surface area contributed by atoms with Crippen molar-refractivity contribution >= 4 is 48.6 Å². The molecule has 1 heteroatoms. The van der Waals surface area contributed by atoms with Crippen LogP contribution in [-0.2, 0) is 0 Å². The van der Waals surface area contributed by atoms with E-state index in [1.54, 1.807) is 0 Å². The number of ether oxygens (including phenoxy) is 1. The molecule has 1 nitrogen and oxygen atoms in total. The quantitative estimate of drug-likeness (QED) is 0.147. The van der Waals surface area contributed by atoms with E-state index in [9.17, 15) is 0 Å². The van der Waals surface area contributed by atoms with Gasteiger partial charge in [-0.25, -0.2) is 0 Å². The van der Waals surface area contributed by atoms with Gasteiger partial charge in [0.05, 0.1) is 0 Å². The van der Waals surface area contributed by atoms with Gasteiger partial charge in [0.1, 0.15) is 11.5 Å². The number of hydrogen-bond donors (Lipinski definition) is 0. The van der Waals surface area contributed by atoms with Gasteiger partial charge in [0.15, 0.2) is 0 Å². The zero-order valence-corrected chi connectivity index (χ0v) is 25.0. The van der Waals surface area contributed by atoms with Gasteiger partial charge in [-0.05, 0) is 45.5 Å². The molecule has 0 radical (unpaired) electrons. The minimum atomic E-state index is 0.788. The molecule has 0 saturated heterocycles. The lowest BCUT2D eigenvalue weighted by atomic mass is 10.0. The Morgan fingerprint density at radius 3 is 0.911 bits per heavy atom. The SMILES string of the molecule is C(=C\c1cccc(Oc2cccc(/C=C/c3ccccc3)c2/C=C/c2ccccc2)c1/C=C/c1ccccc1)/c1ccccc1. The molecule has 0 bridgehead atoms. The maximum atomic E-state index is 6.83. The highest BCUT2D eigenvalue weighted by molar-refractivity contribution is 5.84. The molecule has 6 aromatic rings. The molecule has 0 amide bonds. The molecule has 0 atom stereocenters. The molecule has 0 aromatic heterocycles. The Labute approximate surface area is 266 Å². The highest BCUT2D eigenvalue weighted by Gasteiger charge is 2.11. The Kier molecular flexibility index (Phi) is 9.72. The normalized spacial score (nSPS) is 11.6. The van der Waals surface area contributed by atoms with Crippen molar-refractivity contribution in [2.24, 2.45) is 0 Å². The Bertz CT molecular complexity index is 1790. The molecular weight excluding hydrogens is 544 g/mol. The average molecular weight is 579 g/mol. The Morgan fingerprint density at radius 1 is 0.267 bits per heavy atom. The monoisotopic (exact) mass is 578 g/mol. The summed E-state index contributed by atoms with van der Waals surface area (Å²) in [5, 5.41) is 0. The predicted octanol–water partition coefficient (Wildman–Crippen LogP) is 12.2. The standard InChI is InChI=1S/C44H34O/c1-5-15-35(16-6-1)27-31-39-23-13-25-43(41(39)33-29-37-19-9-3-10-20-37)45-44-26-14-24-40(32-28-36-17-7-2-8-18-36)42(44)34-30-38-21-11-4-12-22-38/h1-34H/b31-27+,32-28+,33-29+,34-30+. The third kappa shape index (κ3) is 8.13. The summed E-state index contributed by atoms with van der Waals surface area (Å²) in [7, 11) is 0. The summed E-state index contributed by atoms with van der Waals surface area (Å²) in [5.41, 5.74) is 8.72. The Hall–Kier alpha value is -5.92. The molecule has 0 saturated carbocycles. The van der Waals surface area contributed by atoms with Crippen molar-refractivity contribution in [2.45, 2.75) is 0 Å².